The third-order valence-electron chi connectivity index (χ3n) is 7.25. The highest BCUT2D eigenvalue weighted by atomic mass is 32.1. The molecule has 0 saturated heterocycles. The van der Waals surface area contributed by atoms with Gasteiger partial charge in [-0.25, -0.2) is 0 Å². The van der Waals surface area contributed by atoms with Crippen LogP contribution in [0.25, 0.3) is 0 Å². The fourth-order valence-corrected chi connectivity index (χ4v) is 5.52. The van der Waals surface area contributed by atoms with Gasteiger partial charge in [0, 0.05) is 19.1 Å². The minimum Gasteiger partial charge on any atom is -0.315 e. The zero-order chi connectivity index (χ0) is 15.4. The molecule has 0 amide bonds. The lowest BCUT2D eigenvalue weighted by atomic mass is 9.45. The van der Waals surface area contributed by atoms with E-state index in [1.165, 1.54) is 70.8 Å². The van der Waals surface area contributed by atoms with Crippen molar-refractivity contribution in [3.05, 3.63) is 0 Å². The summed E-state index contributed by atoms with van der Waals surface area (Å²) in [6.07, 6.45) is 14.5. The third-order valence-corrected chi connectivity index (χ3v) is 7.25. The Hall–Kier alpha value is 0.620. The van der Waals surface area contributed by atoms with Crippen molar-refractivity contribution >= 4 is 27.0 Å². The quantitative estimate of drug-likeness (QED) is 0.608. The second-order valence-corrected chi connectivity index (χ2v) is 8.90. The average molecular weight is 391 g/mol. The molecule has 4 aliphatic rings. The molecular formula is C21H46N2S2. The van der Waals surface area contributed by atoms with Crippen LogP contribution >= 0.6 is 27.0 Å². The summed E-state index contributed by atoms with van der Waals surface area (Å²) in [4.78, 5) is 0. The SMILES string of the molecule is C.CC1(C)C2CCC(CNCCNC3CCCCCCC3)[C@@H]1C2.S.S. The van der Waals surface area contributed by atoms with Crippen molar-refractivity contribution in [2.45, 2.75) is 91.5 Å². The van der Waals surface area contributed by atoms with Crippen LogP contribution in [0.3, 0.4) is 0 Å². The van der Waals surface area contributed by atoms with Gasteiger partial charge in [-0.05, 0) is 61.8 Å². The maximum atomic E-state index is 3.80. The Bertz CT molecular complexity index is 339. The molecule has 0 aliphatic heterocycles. The van der Waals surface area contributed by atoms with E-state index in [2.05, 4.69) is 24.5 Å². The molecule has 0 aromatic rings. The van der Waals surface area contributed by atoms with E-state index in [1.807, 2.05) is 0 Å². The Balaban J connectivity index is 0.00000192. The maximum absolute atomic E-state index is 3.80. The normalized spacial score (nSPS) is 31.2. The van der Waals surface area contributed by atoms with Crippen molar-refractivity contribution in [1.82, 2.24) is 10.6 Å². The molecule has 4 rings (SSSR count). The van der Waals surface area contributed by atoms with Gasteiger partial charge in [0.1, 0.15) is 0 Å². The Labute approximate surface area is 172 Å². The summed E-state index contributed by atoms with van der Waals surface area (Å²) in [5.41, 5.74) is 0.641. The van der Waals surface area contributed by atoms with Crippen LogP contribution in [-0.2, 0) is 0 Å². The van der Waals surface area contributed by atoms with E-state index in [-0.39, 0.29) is 34.4 Å². The van der Waals surface area contributed by atoms with E-state index in [0.29, 0.717) is 5.41 Å². The lowest BCUT2D eigenvalue weighted by Crippen LogP contribution is -2.54. The highest BCUT2D eigenvalue weighted by Crippen LogP contribution is 2.61. The average Bonchev–Trinajstić information content (AvgIpc) is 2.48. The van der Waals surface area contributed by atoms with Gasteiger partial charge in [0.15, 0.2) is 0 Å². The minimum atomic E-state index is 0. The number of rotatable bonds is 6. The van der Waals surface area contributed by atoms with Crippen LogP contribution < -0.4 is 10.6 Å². The van der Waals surface area contributed by atoms with Crippen molar-refractivity contribution in [2.24, 2.45) is 23.2 Å². The van der Waals surface area contributed by atoms with Crippen LogP contribution in [0.1, 0.15) is 85.5 Å². The predicted octanol–water partition coefficient (Wildman–Crippen LogP) is 5.21. The van der Waals surface area contributed by atoms with Crippen LogP contribution in [-0.4, -0.2) is 25.7 Å². The first-order valence-electron chi connectivity index (χ1n) is 10.1. The zero-order valence-electron chi connectivity index (χ0n) is 16.0. The van der Waals surface area contributed by atoms with E-state index in [9.17, 15) is 0 Å². The zero-order valence-corrected chi connectivity index (χ0v) is 18.0. The molecule has 0 aromatic carbocycles. The van der Waals surface area contributed by atoms with Gasteiger partial charge in [0.25, 0.3) is 0 Å². The van der Waals surface area contributed by atoms with Crippen LogP contribution in [0.15, 0.2) is 0 Å². The van der Waals surface area contributed by atoms with Crippen molar-refractivity contribution in [1.29, 1.82) is 0 Å². The molecule has 0 radical (unpaired) electrons. The molecule has 4 saturated carbocycles. The van der Waals surface area contributed by atoms with Gasteiger partial charge >= 0.3 is 0 Å². The predicted molar refractivity (Wildman–Crippen MR) is 123 cm³/mol. The Morgan fingerprint density at radius 2 is 1.48 bits per heavy atom. The van der Waals surface area contributed by atoms with Gasteiger partial charge < -0.3 is 10.6 Å². The summed E-state index contributed by atoms with van der Waals surface area (Å²) in [6, 6.07) is 0.795. The standard InChI is InChI=1S/C20H38N2.CH4.2H2S/c1-20(2)17-11-10-16(19(20)14-17)15-21-12-13-22-18-8-6-4-3-5-7-9-18;;;/h16-19,21-22H,3-15H2,1-2H3;1H4;2*1H2/t16?,17?,19-;;;/m0.../s1. The first-order valence-corrected chi connectivity index (χ1v) is 10.1. The van der Waals surface area contributed by atoms with Gasteiger partial charge in [-0.15, -0.1) is 0 Å². The maximum Gasteiger partial charge on any atom is 0.00793 e. The van der Waals surface area contributed by atoms with E-state index < -0.39 is 0 Å². The molecule has 4 aliphatic carbocycles. The highest BCUT2D eigenvalue weighted by Gasteiger charge is 2.53. The summed E-state index contributed by atoms with van der Waals surface area (Å²) in [5.74, 6) is 2.98. The first kappa shape index (κ1) is 25.6. The van der Waals surface area contributed by atoms with Gasteiger partial charge in [0.05, 0.1) is 0 Å². The van der Waals surface area contributed by atoms with Crippen molar-refractivity contribution < 1.29 is 0 Å². The van der Waals surface area contributed by atoms with E-state index in [4.69, 9.17) is 0 Å². The highest BCUT2D eigenvalue weighted by molar-refractivity contribution is 7.59. The molecule has 152 valence electrons. The van der Waals surface area contributed by atoms with Gasteiger partial charge in [0.2, 0.25) is 0 Å². The van der Waals surface area contributed by atoms with Gasteiger partial charge in [-0.3, -0.25) is 0 Å². The summed E-state index contributed by atoms with van der Waals surface area (Å²) in [5, 5.41) is 7.55. The number of hydrogen-bond donors (Lipinski definition) is 2. The fourth-order valence-electron chi connectivity index (χ4n) is 5.52. The molecule has 0 aromatic heterocycles. The molecule has 2 nitrogen and oxygen atoms in total. The molecule has 3 atom stereocenters. The molecule has 4 heteroatoms. The molecule has 0 heterocycles. The second kappa shape index (κ2) is 12.2. The molecule has 25 heavy (non-hydrogen) atoms. The van der Waals surface area contributed by atoms with Gasteiger partial charge in [-0.2, -0.15) is 27.0 Å². The van der Waals surface area contributed by atoms with Crippen molar-refractivity contribution in [3.8, 4) is 0 Å². The van der Waals surface area contributed by atoms with Crippen LogP contribution in [0.2, 0.25) is 0 Å². The molecule has 2 bridgehead atoms. The summed E-state index contributed by atoms with van der Waals surface area (Å²) < 4.78 is 0. The summed E-state index contributed by atoms with van der Waals surface area (Å²) in [6.45, 7) is 8.59. The monoisotopic (exact) mass is 390 g/mol. The van der Waals surface area contributed by atoms with Gasteiger partial charge in [-0.1, -0.05) is 53.4 Å². The van der Waals surface area contributed by atoms with Crippen LogP contribution in [0.5, 0.6) is 0 Å². The first-order chi connectivity index (χ1) is 10.7. The van der Waals surface area contributed by atoms with E-state index >= 15 is 0 Å². The molecule has 2 N–H and O–H groups in total. The molecule has 4 fully saturated rings. The minimum absolute atomic E-state index is 0. The summed E-state index contributed by atoms with van der Waals surface area (Å²) >= 11 is 0. The van der Waals surface area contributed by atoms with Crippen molar-refractivity contribution in [2.75, 3.05) is 19.6 Å². The molecular weight excluding hydrogens is 344 g/mol. The topological polar surface area (TPSA) is 24.1 Å². The lowest BCUT2D eigenvalue weighted by Gasteiger charge is -2.60. The molecule has 2 unspecified atom stereocenters. The Morgan fingerprint density at radius 1 is 0.840 bits per heavy atom. The second-order valence-electron chi connectivity index (χ2n) is 8.90. The Morgan fingerprint density at radius 3 is 2.08 bits per heavy atom. The van der Waals surface area contributed by atoms with Crippen LogP contribution in [0.4, 0.5) is 0 Å². The fraction of sp³-hybridized carbons (Fsp3) is 1.00. The largest absolute Gasteiger partial charge is 0.315 e. The number of hydrogen-bond acceptors (Lipinski definition) is 2. The van der Waals surface area contributed by atoms with E-state index in [1.54, 1.807) is 0 Å². The summed E-state index contributed by atoms with van der Waals surface area (Å²) in [7, 11) is 0. The lowest BCUT2D eigenvalue weighted by molar-refractivity contribution is -0.103. The smallest absolute Gasteiger partial charge is 0.00793 e. The number of nitrogens with one attached hydrogen (secondary N) is 2. The van der Waals surface area contributed by atoms with E-state index in [0.717, 1.165) is 36.9 Å². The third kappa shape index (κ3) is 6.62. The Kier molecular flexibility index (Phi) is 12.5. The van der Waals surface area contributed by atoms with Crippen LogP contribution in [0, 0.1) is 23.2 Å². The van der Waals surface area contributed by atoms with Crippen molar-refractivity contribution in [3.63, 3.8) is 0 Å². The molecule has 0 spiro atoms. The number of fused-ring (bicyclic) bond motifs is 2.